The van der Waals surface area contributed by atoms with Crippen LogP contribution in [0.15, 0.2) is 16.7 Å². The molecule has 0 saturated carbocycles. The summed E-state index contributed by atoms with van der Waals surface area (Å²) in [6, 6.07) is 2.88. The monoisotopic (exact) mass is 271 g/mol. The average Bonchev–Trinajstić information content (AvgIpc) is 2.32. The fourth-order valence-corrected chi connectivity index (χ4v) is 1.67. The third-order valence-corrected chi connectivity index (χ3v) is 2.63. The van der Waals surface area contributed by atoms with Crippen LogP contribution in [0.25, 0.3) is 0 Å². The molecule has 2 heterocycles. The maximum absolute atomic E-state index is 11.7. The lowest BCUT2D eigenvalue weighted by molar-refractivity contribution is -0.119. The van der Waals surface area contributed by atoms with E-state index < -0.39 is 6.04 Å². The Balaban J connectivity index is 2.48. The Morgan fingerprint density at radius 1 is 1.67 bits per heavy atom. The fraction of sp³-hybridized carbons (Fsp3) is 0.333. The first-order chi connectivity index (χ1) is 7.09. The van der Waals surface area contributed by atoms with Crippen molar-refractivity contribution in [2.24, 2.45) is 5.73 Å². The Morgan fingerprint density at radius 3 is 3.13 bits per heavy atom. The van der Waals surface area contributed by atoms with Gasteiger partial charge in [0.25, 0.3) is 0 Å². The number of likely N-dealkylation sites (N-methyl/N-ethyl adjacent to an activating group) is 1. The average molecular weight is 272 g/mol. The third kappa shape index (κ3) is 1.82. The number of pyridine rings is 1. The highest BCUT2D eigenvalue weighted by Crippen LogP contribution is 2.29. The first kappa shape index (κ1) is 10.4. The second kappa shape index (κ2) is 3.79. The Kier molecular flexibility index (Phi) is 2.62. The van der Waals surface area contributed by atoms with E-state index in [0.717, 1.165) is 0 Å². The molecule has 1 aromatic rings. The van der Waals surface area contributed by atoms with Gasteiger partial charge in [-0.3, -0.25) is 9.69 Å². The van der Waals surface area contributed by atoms with Crippen LogP contribution in [0.5, 0.6) is 5.75 Å². The van der Waals surface area contributed by atoms with Gasteiger partial charge >= 0.3 is 0 Å². The van der Waals surface area contributed by atoms with Gasteiger partial charge in [-0.05, 0) is 28.1 Å². The number of aromatic nitrogens is 1. The highest BCUT2D eigenvalue weighted by molar-refractivity contribution is 9.10. The van der Waals surface area contributed by atoms with Crippen LogP contribution in [-0.2, 0) is 4.79 Å². The highest BCUT2D eigenvalue weighted by Gasteiger charge is 2.27. The summed E-state index contributed by atoms with van der Waals surface area (Å²) in [6.07, 6.45) is 0. The Bertz CT molecular complexity index is 410. The zero-order valence-corrected chi connectivity index (χ0v) is 9.69. The van der Waals surface area contributed by atoms with Crippen molar-refractivity contribution >= 4 is 27.7 Å². The Hall–Kier alpha value is -1.14. The van der Waals surface area contributed by atoms with Crippen molar-refractivity contribution < 1.29 is 9.53 Å². The first-order valence-corrected chi connectivity index (χ1v) is 5.21. The quantitative estimate of drug-likeness (QED) is 0.699. The number of amides is 1. The molecule has 0 unspecified atom stereocenters. The van der Waals surface area contributed by atoms with Crippen LogP contribution >= 0.6 is 15.9 Å². The topological polar surface area (TPSA) is 68.5 Å². The van der Waals surface area contributed by atoms with E-state index in [4.69, 9.17) is 10.5 Å². The number of nitrogens with zero attached hydrogens (tertiary/aromatic N) is 2. The summed E-state index contributed by atoms with van der Waals surface area (Å²) in [7, 11) is 1.63. The number of fused-ring (bicyclic) bond motifs is 1. The summed E-state index contributed by atoms with van der Waals surface area (Å²) in [5.41, 5.74) is 5.63. The molecule has 0 fully saturated rings. The van der Waals surface area contributed by atoms with E-state index in [1.807, 2.05) is 0 Å². The maximum atomic E-state index is 11.7. The van der Waals surface area contributed by atoms with Gasteiger partial charge in [-0.1, -0.05) is 0 Å². The van der Waals surface area contributed by atoms with Crippen molar-refractivity contribution in [3.63, 3.8) is 0 Å². The molecule has 2 rings (SSSR count). The standard InChI is InChI=1S/C9H10BrN3O2/c1-13-8-6(2-3-7(10)12-8)15-4-5(11)9(13)14/h2-3,5H,4,11H2,1H3/t5-/m0/s1. The van der Waals surface area contributed by atoms with Crippen LogP contribution in [0.2, 0.25) is 0 Å². The molecule has 1 atom stereocenters. The van der Waals surface area contributed by atoms with E-state index in [1.54, 1.807) is 19.2 Å². The molecule has 6 heteroatoms. The normalized spacial score (nSPS) is 20.6. The minimum absolute atomic E-state index is 0.180. The highest BCUT2D eigenvalue weighted by atomic mass is 79.9. The second-order valence-electron chi connectivity index (χ2n) is 3.27. The van der Waals surface area contributed by atoms with Crippen molar-refractivity contribution in [2.45, 2.75) is 6.04 Å². The molecule has 1 aliphatic rings. The number of nitrogens with two attached hydrogens (primary N) is 1. The predicted molar refractivity (Wildman–Crippen MR) is 58.8 cm³/mol. The molecular weight excluding hydrogens is 262 g/mol. The van der Waals surface area contributed by atoms with Gasteiger partial charge in [0.05, 0.1) is 0 Å². The molecule has 0 saturated heterocycles. The number of ether oxygens (including phenoxy) is 1. The number of rotatable bonds is 0. The lowest BCUT2D eigenvalue weighted by Gasteiger charge is -2.16. The zero-order valence-electron chi connectivity index (χ0n) is 8.11. The molecule has 1 aromatic heterocycles. The van der Waals surface area contributed by atoms with Gasteiger partial charge in [0, 0.05) is 7.05 Å². The van der Waals surface area contributed by atoms with E-state index >= 15 is 0 Å². The van der Waals surface area contributed by atoms with Gasteiger partial charge in [0.2, 0.25) is 5.91 Å². The molecule has 80 valence electrons. The third-order valence-electron chi connectivity index (χ3n) is 2.19. The molecule has 0 spiro atoms. The van der Waals surface area contributed by atoms with Gasteiger partial charge in [0.15, 0.2) is 11.6 Å². The van der Waals surface area contributed by atoms with Crippen LogP contribution in [0, 0.1) is 0 Å². The number of carbonyl (C=O) groups excluding carboxylic acids is 1. The van der Waals surface area contributed by atoms with E-state index in [9.17, 15) is 4.79 Å². The molecule has 15 heavy (non-hydrogen) atoms. The molecule has 0 aliphatic carbocycles. The summed E-state index contributed by atoms with van der Waals surface area (Å²) >= 11 is 3.24. The molecule has 0 radical (unpaired) electrons. The van der Waals surface area contributed by atoms with Crippen molar-refractivity contribution in [2.75, 3.05) is 18.6 Å². The van der Waals surface area contributed by atoms with Crippen molar-refractivity contribution in [3.05, 3.63) is 16.7 Å². The van der Waals surface area contributed by atoms with Crippen LogP contribution in [0.3, 0.4) is 0 Å². The lowest BCUT2D eigenvalue weighted by Crippen LogP contribution is -2.43. The number of hydrogen-bond acceptors (Lipinski definition) is 4. The summed E-state index contributed by atoms with van der Waals surface area (Å²) in [5, 5.41) is 0. The Labute approximate surface area is 95.3 Å². The van der Waals surface area contributed by atoms with Gasteiger partial charge in [-0.15, -0.1) is 0 Å². The summed E-state index contributed by atoms with van der Waals surface area (Å²) < 4.78 is 6.04. The molecule has 2 N–H and O–H groups in total. The molecule has 1 amide bonds. The number of hydrogen-bond donors (Lipinski definition) is 1. The number of halogens is 1. The van der Waals surface area contributed by atoms with Crippen LogP contribution in [0.4, 0.5) is 5.82 Å². The SMILES string of the molecule is CN1C(=O)[C@@H](N)COc2ccc(Br)nc21. The molecule has 1 aliphatic heterocycles. The number of anilines is 1. The second-order valence-corrected chi connectivity index (χ2v) is 4.08. The van der Waals surface area contributed by atoms with Gasteiger partial charge in [-0.2, -0.15) is 0 Å². The minimum Gasteiger partial charge on any atom is -0.488 e. The van der Waals surface area contributed by atoms with Crippen molar-refractivity contribution in [1.29, 1.82) is 0 Å². The molecule has 0 bridgehead atoms. The molecule has 5 nitrogen and oxygen atoms in total. The van der Waals surface area contributed by atoms with Gasteiger partial charge in [-0.25, -0.2) is 4.98 Å². The summed E-state index contributed by atoms with van der Waals surface area (Å²) in [4.78, 5) is 17.3. The van der Waals surface area contributed by atoms with Crippen LogP contribution in [0.1, 0.15) is 0 Å². The van der Waals surface area contributed by atoms with E-state index in [-0.39, 0.29) is 12.5 Å². The largest absolute Gasteiger partial charge is 0.488 e. The van der Waals surface area contributed by atoms with Crippen molar-refractivity contribution in [1.82, 2.24) is 4.98 Å². The first-order valence-electron chi connectivity index (χ1n) is 4.42. The van der Waals surface area contributed by atoms with E-state index in [1.165, 1.54) is 4.90 Å². The smallest absolute Gasteiger partial charge is 0.248 e. The Morgan fingerprint density at radius 2 is 2.40 bits per heavy atom. The minimum atomic E-state index is -0.636. The maximum Gasteiger partial charge on any atom is 0.248 e. The van der Waals surface area contributed by atoms with Gasteiger partial charge < -0.3 is 10.5 Å². The fourth-order valence-electron chi connectivity index (χ4n) is 1.37. The zero-order chi connectivity index (χ0) is 11.0. The van der Waals surface area contributed by atoms with Crippen LogP contribution < -0.4 is 15.4 Å². The lowest BCUT2D eigenvalue weighted by atomic mass is 10.3. The number of carbonyl (C=O) groups is 1. The van der Waals surface area contributed by atoms with Crippen molar-refractivity contribution in [3.8, 4) is 5.75 Å². The van der Waals surface area contributed by atoms with E-state index in [0.29, 0.717) is 16.2 Å². The molecular formula is C9H10BrN3O2. The predicted octanol–water partition coefficient (Wildman–Crippen LogP) is 0.527. The summed E-state index contributed by atoms with van der Waals surface area (Å²) in [6.45, 7) is 0.180. The summed E-state index contributed by atoms with van der Waals surface area (Å²) in [5.74, 6) is 0.865. The van der Waals surface area contributed by atoms with Crippen LogP contribution in [-0.4, -0.2) is 30.6 Å². The van der Waals surface area contributed by atoms with E-state index in [2.05, 4.69) is 20.9 Å². The van der Waals surface area contributed by atoms with Gasteiger partial charge in [0.1, 0.15) is 17.3 Å². The molecule has 0 aromatic carbocycles.